The van der Waals surface area contributed by atoms with Crippen molar-refractivity contribution in [1.29, 1.82) is 0 Å². The van der Waals surface area contributed by atoms with Crippen LogP contribution in [-0.2, 0) is 18.6 Å². The van der Waals surface area contributed by atoms with Crippen molar-refractivity contribution in [2.24, 2.45) is 17.8 Å². The number of hydrogen-bond donors (Lipinski definition) is 4. The molecular formula is C35H57O10P. The Balaban J connectivity index is 1.59. The lowest BCUT2D eigenvalue weighted by Gasteiger charge is -2.41. The number of esters is 1. The number of benzene rings is 1. The van der Waals surface area contributed by atoms with E-state index in [0.717, 1.165) is 54.4 Å². The first-order valence-corrected chi connectivity index (χ1v) is 18.4. The van der Waals surface area contributed by atoms with Crippen LogP contribution >= 0.6 is 7.82 Å². The molecule has 10 nitrogen and oxygen atoms in total. The van der Waals surface area contributed by atoms with Crippen LogP contribution in [0.4, 0.5) is 0 Å². The monoisotopic (exact) mass is 668 g/mol. The molecule has 0 aromatic heterocycles. The number of aryl methyl sites for hydroxylation is 1. The van der Waals surface area contributed by atoms with E-state index in [0.29, 0.717) is 11.5 Å². The van der Waals surface area contributed by atoms with E-state index < -0.39 is 44.1 Å². The van der Waals surface area contributed by atoms with Gasteiger partial charge < -0.3 is 33.8 Å². The number of phosphoric ester groups is 1. The van der Waals surface area contributed by atoms with Crippen LogP contribution in [0.2, 0.25) is 0 Å². The third-order valence-corrected chi connectivity index (χ3v) is 10.3. The normalized spacial score (nSPS) is 24.6. The number of ether oxygens (including phenoxy) is 2. The van der Waals surface area contributed by atoms with Gasteiger partial charge in [-0.1, -0.05) is 79.6 Å². The zero-order valence-corrected chi connectivity index (χ0v) is 29.9. The van der Waals surface area contributed by atoms with Crippen LogP contribution in [0.3, 0.4) is 0 Å². The summed E-state index contributed by atoms with van der Waals surface area (Å²) in [7, 11) is -4.98. The zero-order chi connectivity index (χ0) is 34.4. The number of hydrogen-bond acceptors (Lipinski definition) is 9. The lowest BCUT2D eigenvalue weighted by atomic mass is 9.79. The summed E-state index contributed by atoms with van der Waals surface area (Å²) < 4.78 is 34.7. The van der Waals surface area contributed by atoms with Crippen molar-refractivity contribution in [2.45, 2.75) is 143 Å². The molecule has 2 heterocycles. The highest BCUT2D eigenvalue weighted by Gasteiger charge is 2.45. The lowest BCUT2D eigenvalue weighted by molar-refractivity contribution is -0.147. The highest BCUT2D eigenvalue weighted by Crippen LogP contribution is 2.53. The Morgan fingerprint density at radius 1 is 1.02 bits per heavy atom. The summed E-state index contributed by atoms with van der Waals surface area (Å²) in [6.45, 7) is 16.4. The van der Waals surface area contributed by atoms with E-state index in [1.165, 1.54) is 38.5 Å². The summed E-state index contributed by atoms with van der Waals surface area (Å²) in [4.78, 5) is 22.6. The molecule has 46 heavy (non-hydrogen) atoms. The number of carbonyl (C=O) groups is 1. The summed E-state index contributed by atoms with van der Waals surface area (Å²) in [5, 5.41) is 29.1. The Kier molecular flexibility index (Phi) is 13.5. The molecule has 0 fully saturated rings. The highest BCUT2D eigenvalue weighted by molar-refractivity contribution is 7.48. The minimum atomic E-state index is -4.98. The summed E-state index contributed by atoms with van der Waals surface area (Å²) in [6, 6.07) is 1.60. The molecule has 0 amide bonds. The van der Waals surface area contributed by atoms with Crippen LogP contribution in [0.15, 0.2) is 17.6 Å². The topological polar surface area (TPSA) is 152 Å². The van der Waals surface area contributed by atoms with Crippen LogP contribution < -0.4 is 9.26 Å². The Morgan fingerprint density at radius 2 is 1.61 bits per heavy atom. The van der Waals surface area contributed by atoms with Gasteiger partial charge in [-0.05, 0) is 80.9 Å². The summed E-state index contributed by atoms with van der Waals surface area (Å²) in [5.41, 5.74) is 1.89. The van der Waals surface area contributed by atoms with Gasteiger partial charge in [-0.3, -0.25) is 4.89 Å². The predicted octanol–water partition coefficient (Wildman–Crippen LogP) is 7.93. The second-order valence-corrected chi connectivity index (χ2v) is 15.8. The van der Waals surface area contributed by atoms with Crippen molar-refractivity contribution in [1.82, 2.24) is 0 Å². The molecule has 11 heteroatoms. The molecule has 1 aromatic rings. The first-order chi connectivity index (χ1) is 21.5. The van der Waals surface area contributed by atoms with Crippen molar-refractivity contribution in [3.05, 3.63) is 34.3 Å². The molecule has 0 spiro atoms. The predicted molar refractivity (Wildman–Crippen MR) is 177 cm³/mol. The van der Waals surface area contributed by atoms with Crippen LogP contribution in [0.1, 0.15) is 128 Å². The van der Waals surface area contributed by atoms with Crippen LogP contribution in [0, 0.1) is 31.6 Å². The van der Waals surface area contributed by atoms with Gasteiger partial charge in [-0.25, -0.2) is 9.36 Å². The second kappa shape index (κ2) is 16.2. The molecule has 0 aliphatic carbocycles. The fraction of sp³-hybridized carbons (Fsp3) is 0.743. The Morgan fingerprint density at radius 3 is 2.20 bits per heavy atom. The zero-order valence-electron chi connectivity index (χ0n) is 29.0. The van der Waals surface area contributed by atoms with Gasteiger partial charge in [-0.15, -0.1) is 0 Å². The minimum absolute atomic E-state index is 0.0851. The Bertz CT molecular complexity index is 1280. The maximum Gasteiger partial charge on any atom is 0.585 e. The lowest BCUT2D eigenvalue weighted by Crippen LogP contribution is -2.38. The van der Waals surface area contributed by atoms with E-state index in [9.17, 15) is 24.5 Å². The molecule has 2 aliphatic rings. The number of aliphatic hydroxyl groups is 3. The third kappa shape index (κ3) is 10.1. The second-order valence-electron chi connectivity index (χ2n) is 14.5. The van der Waals surface area contributed by atoms with Gasteiger partial charge in [0.25, 0.3) is 5.76 Å². The van der Waals surface area contributed by atoms with Crippen molar-refractivity contribution in [3.63, 3.8) is 0 Å². The van der Waals surface area contributed by atoms with E-state index in [1.807, 2.05) is 6.92 Å². The summed E-state index contributed by atoms with van der Waals surface area (Å²) >= 11 is 0. The van der Waals surface area contributed by atoms with Crippen LogP contribution in [0.25, 0.3) is 0 Å². The minimum Gasteiger partial charge on any atom is -0.505 e. The molecule has 3 rings (SSSR count). The summed E-state index contributed by atoms with van der Waals surface area (Å²) in [6.07, 6.45) is 8.55. The van der Waals surface area contributed by atoms with Gasteiger partial charge in [0.1, 0.15) is 23.2 Å². The first kappa shape index (κ1) is 38.2. The van der Waals surface area contributed by atoms with Crippen molar-refractivity contribution < 1.29 is 48.1 Å². The van der Waals surface area contributed by atoms with Gasteiger partial charge >= 0.3 is 13.8 Å². The van der Waals surface area contributed by atoms with Gasteiger partial charge in [0, 0.05) is 5.56 Å². The largest absolute Gasteiger partial charge is 0.585 e. The number of rotatable bonds is 18. The molecule has 0 saturated carbocycles. The average Bonchev–Trinajstić information content (AvgIpc) is 3.22. The van der Waals surface area contributed by atoms with Crippen LogP contribution in [0.5, 0.6) is 11.5 Å². The Labute approximate surface area is 275 Å². The summed E-state index contributed by atoms with van der Waals surface area (Å²) in [5.74, 6) is 0.0674. The van der Waals surface area contributed by atoms with E-state index in [1.54, 1.807) is 13.0 Å². The molecular weight excluding hydrogens is 611 g/mol. The van der Waals surface area contributed by atoms with Crippen molar-refractivity contribution in [3.8, 4) is 11.5 Å². The number of cyclic esters (lactones) is 1. The standard InChI is InChI=1S/C35H57O10P/c1-21(2)12-9-13-22(3)14-10-15-23(4)16-11-17-35(8)19-25(6)29-26(7)28(18-24(5)31(29)43-35)44-46(40,41)45-33-30(38)32(27(37)20-36)42-34(33)39/h18,21-23,25,27,32,36-38H,9-17,19-20H2,1-8H3,(H,40,41)/t22?,23?,25?,27-,32+,35?/m0/s1. The van der Waals surface area contributed by atoms with Gasteiger partial charge in [0.05, 0.1) is 6.61 Å². The molecule has 2 aliphatic heterocycles. The maximum absolute atomic E-state index is 12.9. The highest BCUT2D eigenvalue weighted by atomic mass is 31.2. The quantitative estimate of drug-likeness (QED) is 0.0896. The number of carbonyl (C=O) groups excluding carboxylic acids is 1. The number of fused-ring (bicyclic) bond motifs is 1. The molecule has 5 unspecified atom stereocenters. The molecule has 0 radical (unpaired) electrons. The number of aliphatic hydroxyl groups excluding tert-OH is 3. The third-order valence-electron chi connectivity index (χ3n) is 9.46. The molecule has 262 valence electrons. The van der Waals surface area contributed by atoms with E-state index in [-0.39, 0.29) is 17.3 Å². The SMILES string of the molecule is Cc1cc(OP(=O)(O)OC2=C(O)[C@@H]([C@@H](O)CO)OC2=O)c(C)c2c1OC(C)(CCCC(C)CCCC(C)CCCC(C)C)CC2C. The van der Waals surface area contributed by atoms with Crippen LogP contribution in [-0.4, -0.2) is 50.6 Å². The van der Waals surface area contributed by atoms with Crippen molar-refractivity contribution in [2.75, 3.05) is 6.61 Å². The fourth-order valence-corrected chi connectivity index (χ4v) is 7.73. The molecule has 0 saturated heterocycles. The first-order valence-electron chi connectivity index (χ1n) is 16.9. The molecule has 1 aromatic carbocycles. The van der Waals surface area contributed by atoms with Gasteiger partial charge in [0.15, 0.2) is 11.9 Å². The van der Waals surface area contributed by atoms with Crippen molar-refractivity contribution >= 4 is 13.8 Å². The van der Waals surface area contributed by atoms with E-state index in [2.05, 4.69) is 41.5 Å². The molecule has 7 atom stereocenters. The van der Waals surface area contributed by atoms with Gasteiger partial charge in [-0.2, -0.15) is 0 Å². The van der Waals surface area contributed by atoms with E-state index >= 15 is 0 Å². The Hall–Kier alpha value is -2.26. The van der Waals surface area contributed by atoms with E-state index in [4.69, 9.17) is 23.6 Å². The number of phosphoric acid groups is 1. The maximum atomic E-state index is 12.9. The van der Waals surface area contributed by atoms with Gasteiger partial charge in [0.2, 0.25) is 0 Å². The molecule has 0 bridgehead atoms. The smallest absolute Gasteiger partial charge is 0.505 e. The molecule has 4 N–H and O–H groups in total. The average molecular weight is 669 g/mol. The fourth-order valence-electron chi connectivity index (χ4n) is 6.86.